The Kier molecular flexibility index (Phi) is 6.46. The monoisotopic (exact) mass is 308 g/mol. The molecule has 2 rings (SSSR count). The van der Waals surface area contributed by atoms with Crippen molar-refractivity contribution < 1.29 is 4.74 Å². The van der Waals surface area contributed by atoms with Gasteiger partial charge in [-0.1, -0.05) is 68.0 Å². The number of benzene rings is 2. The summed E-state index contributed by atoms with van der Waals surface area (Å²) in [6, 6.07) is 18.9. The predicted octanol–water partition coefficient (Wildman–Crippen LogP) is 6.36. The molecule has 0 bridgehead atoms. The lowest BCUT2D eigenvalue weighted by atomic mass is 9.85. The molecule has 1 unspecified atom stereocenters. The van der Waals surface area contributed by atoms with Crippen molar-refractivity contribution >= 4 is 0 Å². The number of ether oxygens (including phenoxy) is 1. The first-order chi connectivity index (χ1) is 11.1. The van der Waals surface area contributed by atoms with E-state index in [0.29, 0.717) is 18.4 Å². The van der Waals surface area contributed by atoms with Crippen LogP contribution in [0, 0.1) is 5.92 Å². The van der Waals surface area contributed by atoms with Gasteiger partial charge in [0.25, 0.3) is 0 Å². The molecule has 2 aromatic carbocycles. The summed E-state index contributed by atoms with van der Waals surface area (Å²) >= 11 is 0. The van der Waals surface area contributed by atoms with E-state index in [1.807, 2.05) is 18.2 Å². The van der Waals surface area contributed by atoms with E-state index in [9.17, 15) is 0 Å². The molecule has 0 fully saturated rings. The Morgan fingerprint density at radius 1 is 0.957 bits per heavy atom. The summed E-state index contributed by atoms with van der Waals surface area (Å²) in [6.07, 6.45) is 3.44. The van der Waals surface area contributed by atoms with Crippen molar-refractivity contribution in [1.82, 2.24) is 0 Å². The van der Waals surface area contributed by atoms with E-state index in [2.05, 4.69) is 70.2 Å². The molecule has 1 nitrogen and oxygen atoms in total. The van der Waals surface area contributed by atoms with E-state index in [0.717, 1.165) is 12.2 Å². The van der Waals surface area contributed by atoms with E-state index < -0.39 is 0 Å². The van der Waals surface area contributed by atoms with Crippen LogP contribution in [0.4, 0.5) is 0 Å². The second-order valence-corrected chi connectivity index (χ2v) is 6.71. The molecule has 0 spiro atoms. The highest BCUT2D eigenvalue weighted by molar-refractivity contribution is 5.30. The van der Waals surface area contributed by atoms with E-state index in [1.54, 1.807) is 0 Å². The summed E-state index contributed by atoms with van der Waals surface area (Å²) in [5.74, 6) is 2.12. The normalized spacial score (nSPS) is 12.0. The topological polar surface area (TPSA) is 9.23 Å². The fourth-order valence-corrected chi connectivity index (χ4v) is 2.71. The van der Waals surface area contributed by atoms with Crippen LogP contribution in [0.25, 0.3) is 0 Å². The summed E-state index contributed by atoms with van der Waals surface area (Å²) < 4.78 is 5.87. The molecule has 0 heterocycles. The molecule has 0 radical (unpaired) electrons. The Labute approximate surface area is 141 Å². The van der Waals surface area contributed by atoms with E-state index in [4.69, 9.17) is 4.74 Å². The van der Waals surface area contributed by atoms with Crippen LogP contribution in [-0.2, 0) is 6.61 Å². The van der Waals surface area contributed by atoms with E-state index in [1.165, 1.54) is 16.7 Å². The molecule has 0 aromatic heterocycles. The lowest BCUT2D eigenvalue weighted by Crippen LogP contribution is -2.06. The SMILES string of the molecule is CC(C)=CCC(c1ccc(OCc2ccccc2)cc1)C(C)C. The molecule has 0 amide bonds. The third kappa shape index (κ3) is 5.59. The van der Waals surface area contributed by atoms with Crippen LogP contribution < -0.4 is 4.74 Å². The molecule has 1 heteroatoms. The van der Waals surface area contributed by atoms with Crippen LogP contribution in [0.1, 0.15) is 51.2 Å². The Bertz CT molecular complexity index is 604. The zero-order chi connectivity index (χ0) is 16.7. The highest BCUT2D eigenvalue weighted by Crippen LogP contribution is 2.30. The first kappa shape index (κ1) is 17.3. The predicted molar refractivity (Wildman–Crippen MR) is 98.8 cm³/mol. The standard InChI is InChI=1S/C22H28O/c1-17(2)10-15-22(18(3)4)20-11-13-21(14-12-20)23-16-19-8-6-5-7-9-19/h5-14,18,22H,15-16H2,1-4H3. The number of allylic oxidation sites excluding steroid dienone is 2. The fourth-order valence-electron chi connectivity index (χ4n) is 2.71. The minimum atomic E-state index is 0.563. The molecular weight excluding hydrogens is 280 g/mol. The van der Waals surface area contributed by atoms with E-state index >= 15 is 0 Å². The highest BCUT2D eigenvalue weighted by atomic mass is 16.5. The summed E-state index contributed by atoms with van der Waals surface area (Å²) in [5, 5.41) is 0. The van der Waals surface area contributed by atoms with Gasteiger partial charge in [0, 0.05) is 0 Å². The Balaban J connectivity index is 2.01. The second-order valence-electron chi connectivity index (χ2n) is 6.71. The van der Waals surface area contributed by atoms with Crippen molar-refractivity contribution in [2.24, 2.45) is 5.92 Å². The van der Waals surface area contributed by atoms with Crippen LogP contribution in [0.5, 0.6) is 5.75 Å². The molecule has 2 aromatic rings. The first-order valence-corrected chi connectivity index (χ1v) is 8.46. The molecule has 23 heavy (non-hydrogen) atoms. The molecule has 0 N–H and O–H groups in total. The largest absolute Gasteiger partial charge is 0.489 e. The van der Waals surface area contributed by atoms with Gasteiger partial charge in [-0.3, -0.25) is 0 Å². The maximum absolute atomic E-state index is 5.87. The van der Waals surface area contributed by atoms with Gasteiger partial charge in [-0.05, 0) is 55.4 Å². The zero-order valence-electron chi connectivity index (χ0n) is 14.8. The summed E-state index contributed by atoms with van der Waals surface area (Å²) in [5.41, 5.74) is 3.98. The Morgan fingerprint density at radius 3 is 2.17 bits per heavy atom. The van der Waals surface area contributed by atoms with Gasteiger partial charge >= 0.3 is 0 Å². The van der Waals surface area contributed by atoms with Crippen LogP contribution in [0.3, 0.4) is 0 Å². The third-order valence-electron chi connectivity index (χ3n) is 4.14. The second kappa shape index (κ2) is 8.57. The quantitative estimate of drug-likeness (QED) is 0.541. The van der Waals surface area contributed by atoms with Crippen molar-refractivity contribution in [1.29, 1.82) is 0 Å². The van der Waals surface area contributed by atoms with Crippen molar-refractivity contribution in [2.75, 3.05) is 0 Å². The van der Waals surface area contributed by atoms with Gasteiger partial charge in [0.05, 0.1) is 0 Å². The summed E-state index contributed by atoms with van der Waals surface area (Å²) in [4.78, 5) is 0. The Hall–Kier alpha value is -2.02. The average Bonchev–Trinajstić information content (AvgIpc) is 2.54. The van der Waals surface area contributed by atoms with Crippen molar-refractivity contribution in [3.8, 4) is 5.75 Å². The zero-order valence-corrected chi connectivity index (χ0v) is 14.8. The number of hydrogen-bond donors (Lipinski definition) is 0. The van der Waals surface area contributed by atoms with Gasteiger partial charge < -0.3 is 4.74 Å². The van der Waals surface area contributed by atoms with Crippen LogP contribution in [-0.4, -0.2) is 0 Å². The van der Waals surface area contributed by atoms with Gasteiger partial charge in [0.1, 0.15) is 12.4 Å². The lowest BCUT2D eigenvalue weighted by Gasteiger charge is -2.20. The van der Waals surface area contributed by atoms with Gasteiger partial charge in [0.2, 0.25) is 0 Å². The summed E-state index contributed by atoms with van der Waals surface area (Å²) in [7, 11) is 0. The Morgan fingerprint density at radius 2 is 1.61 bits per heavy atom. The molecule has 0 aliphatic heterocycles. The molecule has 0 saturated heterocycles. The van der Waals surface area contributed by atoms with Gasteiger partial charge in [-0.2, -0.15) is 0 Å². The maximum atomic E-state index is 5.87. The molecule has 0 aliphatic carbocycles. The molecule has 0 saturated carbocycles. The van der Waals surface area contributed by atoms with Gasteiger partial charge in [-0.25, -0.2) is 0 Å². The number of rotatable bonds is 7. The smallest absolute Gasteiger partial charge is 0.119 e. The molecule has 122 valence electrons. The van der Waals surface area contributed by atoms with Gasteiger partial charge in [0.15, 0.2) is 0 Å². The molecular formula is C22H28O. The summed E-state index contributed by atoms with van der Waals surface area (Å²) in [6.45, 7) is 9.54. The minimum Gasteiger partial charge on any atom is -0.489 e. The van der Waals surface area contributed by atoms with Crippen LogP contribution >= 0.6 is 0 Å². The number of hydrogen-bond acceptors (Lipinski definition) is 1. The molecule has 0 aliphatic rings. The first-order valence-electron chi connectivity index (χ1n) is 8.46. The maximum Gasteiger partial charge on any atom is 0.119 e. The van der Waals surface area contributed by atoms with E-state index in [-0.39, 0.29) is 0 Å². The highest BCUT2D eigenvalue weighted by Gasteiger charge is 2.14. The van der Waals surface area contributed by atoms with Gasteiger partial charge in [-0.15, -0.1) is 0 Å². The van der Waals surface area contributed by atoms with Crippen LogP contribution in [0.2, 0.25) is 0 Å². The fraction of sp³-hybridized carbons (Fsp3) is 0.364. The lowest BCUT2D eigenvalue weighted by molar-refractivity contribution is 0.306. The van der Waals surface area contributed by atoms with Crippen molar-refractivity contribution in [2.45, 2.75) is 46.6 Å². The van der Waals surface area contributed by atoms with Crippen molar-refractivity contribution in [3.05, 3.63) is 77.4 Å². The average molecular weight is 308 g/mol. The van der Waals surface area contributed by atoms with Crippen molar-refractivity contribution in [3.63, 3.8) is 0 Å². The molecule has 1 atom stereocenters. The third-order valence-corrected chi connectivity index (χ3v) is 4.14. The van der Waals surface area contributed by atoms with Crippen LogP contribution in [0.15, 0.2) is 66.2 Å². The minimum absolute atomic E-state index is 0.563.